The van der Waals surface area contributed by atoms with Crippen molar-refractivity contribution in [2.45, 2.75) is 18.9 Å². The summed E-state index contributed by atoms with van der Waals surface area (Å²) in [7, 11) is 0. The van der Waals surface area contributed by atoms with Crippen molar-refractivity contribution < 1.29 is 9.50 Å². The van der Waals surface area contributed by atoms with Crippen LogP contribution >= 0.6 is 0 Å². The summed E-state index contributed by atoms with van der Waals surface area (Å²) < 4.78 is 13.1. The van der Waals surface area contributed by atoms with Crippen molar-refractivity contribution in [2.75, 3.05) is 0 Å². The predicted molar refractivity (Wildman–Crippen MR) is 69.9 cm³/mol. The molecular formula is C15H16FNO. The molecule has 2 aromatic carbocycles. The lowest BCUT2D eigenvalue weighted by atomic mass is 9.99. The third-order valence-electron chi connectivity index (χ3n) is 2.78. The molecule has 0 spiro atoms. The second-order valence-corrected chi connectivity index (χ2v) is 4.47. The van der Waals surface area contributed by atoms with Gasteiger partial charge in [0.1, 0.15) is 11.6 Å². The van der Waals surface area contributed by atoms with Gasteiger partial charge in [-0.05, 0) is 36.1 Å². The van der Waals surface area contributed by atoms with Crippen molar-refractivity contribution in [3.63, 3.8) is 0 Å². The molecule has 1 atom stereocenters. The van der Waals surface area contributed by atoms with Crippen LogP contribution in [0.3, 0.4) is 0 Å². The molecule has 0 radical (unpaired) electrons. The Balaban J connectivity index is 2.01. The first kappa shape index (κ1) is 12.6. The van der Waals surface area contributed by atoms with Gasteiger partial charge >= 0.3 is 0 Å². The molecule has 0 fully saturated rings. The molecule has 0 aromatic heterocycles. The summed E-state index contributed by atoms with van der Waals surface area (Å²) in [6, 6.07) is 13.9. The molecule has 2 rings (SSSR count). The van der Waals surface area contributed by atoms with E-state index in [1.54, 1.807) is 6.07 Å². The fraction of sp³-hybridized carbons (Fsp3) is 0.200. The number of hydrogen-bond acceptors (Lipinski definition) is 2. The van der Waals surface area contributed by atoms with Crippen LogP contribution in [0, 0.1) is 5.82 Å². The summed E-state index contributed by atoms with van der Waals surface area (Å²) in [5, 5.41) is 9.32. The second-order valence-electron chi connectivity index (χ2n) is 4.47. The van der Waals surface area contributed by atoms with Crippen LogP contribution < -0.4 is 5.73 Å². The molecule has 0 bridgehead atoms. The first-order valence-electron chi connectivity index (χ1n) is 5.91. The Morgan fingerprint density at radius 3 is 2.33 bits per heavy atom. The zero-order chi connectivity index (χ0) is 13.0. The highest BCUT2D eigenvalue weighted by molar-refractivity contribution is 5.29. The minimum Gasteiger partial charge on any atom is -0.508 e. The van der Waals surface area contributed by atoms with E-state index >= 15 is 0 Å². The van der Waals surface area contributed by atoms with Crippen molar-refractivity contribution in [2.24, 2.45) is 5.73 Å². The highest BCUT2D eigenvalue weighted by Crippen LogP contribution is 2.16. The van der Waals surface area contributed by atoms with E-state index in [2.05, 4.69) is 0 Å². The Labute approximate surface area is 106 Å². The molecule has 0 saturated heterocycles. The van der Waals surface area contributed by atoms with Gasteiger partial charge in [0.05, 0.1) is 0 Å². The van der Waals surface area contributed by atoms with Gasteiger partial charge in [0.2, 0.25) is 0 Å². The van der Waals surface area contributed by atoms with Crippen LogP contribution in [0.25, 0.3) is 0 Å². The number of halogens is 1. The average molecular weight is 245 g/mol. The largest absolute Gasteiger partial charge is 0.508 e. The Kier molecular flexibility index (Phi) is 3.95. The third kappa shape index (κ3) is 3.57. The maximum atomic E-state index is 13.1. The first-order chi connectivity index (χ1) is 8.63. The monoisotopic (exact) mass is 245 g/mol. The Morgan fingerprint density at radius 1 is 1.00 bits per heavy atom. The van der Waals surface area contributed by atoms with E-state index in [1.165, 1.54) is 6.07 Å². The van der Waals surface area contributed by atoms with Gasteiger partial charge in [-0.3, -0.25) is 0 Å². The Morgan fingerprint density at radius 2 is 1.67 bits per heavy atom. The summed E-state index contributed by atoms with van der Waals surface area (Å²) in [5.41, 5.74) is 7.91. The van der Waals surface area contributed by atoms with Crippen molar-refractivity contribution in [3.8, 4) is 5.75 Å². The van der Waals surface area contributed by atoms with E-state index in [4.69, 9.17) is 5.73 Å². The molecule has 3 N–H and O–H groups in total. The summed E-state index contributed by atoms with van der Waals surface area (Å²) in [6.45, 7) is 0. The van der Waals surface area contributed by atoms with Gasteiger partial charge in [0.25, 0.3) is 0 Å². The lowest BCUT2D eigenvalue weighted by Gasteiger charge is -2.12. The van der Waals surface area contributed by atoms with Crippen LogP contribution in [0.1, 0.15) is 11.1 Å². The van der Waals surface area contributed by atoms with Gasteiger partial charge in [-0.2, -0.15) is 0 Å². The molecule has 18 heavy (non-hydrogen) atoms. The second kappa shape index (κ2) is 5.65. The summed E-state index contributed by atoms with van der Waals surface area (Å²) in [5.74, 6) is -0.492. The zero-order valence-electron chi connectivity index (χ0n) is 10.0. The van der Waals surface area contributed by atoms with Crippen LogP contribution in [-0.4, -0.2) is 11.1 Å². The lowest BCUT2D eigenvalue weighted by molar-refractivity contribution is 0.467. The molecule has 0 aliphatic carbocycles. The zero-order valence-corrected chi connectivity index (χ0v) is 10.0. The number of benzene rings is 2. The van der Waals surface area contributed by atoms with Crippen molar-refractivity contribution in [1.29, 1.82) is 0 Å². The molecule has 0 aliphatic heterocycles. The summed E-state index contributed by atoms with van der Waals surface area (Å²) in [6.07, 6.45) is 1.28. The maximum Gasteiger partial charge on any atom is 0.127 e. The average Bonchev–Trinajstić information content (AvgIpc) is 2.28. The molecule has 1 unspecified atom stereocenters. The van der Waals surface area contributed by atoms with Crippen molar-refractivity contribution >= 4 is 0 Å². The Hall–Kier alpha value is -1.87. The summed E-state index contributed by atoms with van der Waals surface area (Å²) >= 11 is 0. The van der Waals surface area contributed by atoms with Crippen molar-refractivity contribution in [1.82, 2.24) is 0 Å². The van der Waals surface area contributed by atoms with Crippen LogP contribution in [0.4, 0.5) is 4.39 Å². The highest BCUT2D eigenvalue weighted by Gasteiger charge is 2.07. The summed E-state index contributed by atoms with van der Waals surface area (Å²) in [4.78, 5) is 0. The highest BCUT2D eigenvalue weighted by atomic mass is 19.1. The molecule has 2 aromatic rings. The molecular weight excluding hydrogens is 229 g/mol. The van der Waals surface area contributed by atoms with Gasteiger partial charge in [0, 0.05) is 12.1 Å². The number of hydrogen-bond donors (Lipinski definition) is 2. The molecule has 3 heteroatoms. The van der Waals surface area contributed by atoms with Crippen LogP contribution in [0.15, 0.2) is 48.5 Å². The molecule has 0 aliphatic rings. The maximum absolute atomic E-state index is 13.1. The smallest absolute Gasteiger partial charge is 0.127 e. The van der Waals surface area contributed by atoms with Crippen LogP contribution in [0.2, 0.25) is 0 Å². The Bertz CT molecular complexity index is 493. The van der Waals surface area contributed by atoms with E-state index < -0.39 is 5.82 Å². The predicted octanol–water partition coefficient (Wildman–Crippen LogP) is 2.64. The van der Waals surface area contributed by atoms with Gasteiger partial charge in [0.15, 0.2) is 0 Å². The van der Waals surface area contributed by atoms with E-state index in [1.807, 2.05) is 30.3 Å². The molecule has 94 valence electrons. The standard InChI is InChI=1S/C15H16FNO/c16-13-6-12(9-15(18)10-13)8-14(17)7-11-4-2-1-3-5-11/h1-6,9-10,14,18H,7-8,17H2. The van der Waals surface area contributed by atoms with E-state index in [9.17, 15) is 9.50 Å². The molecule has 0 saturated carbocycles. The molecule has 2 nitrogen and oxygen atoms in total. The lowest BCUT2D eigenvalue weighted by Crippen LogP contribution is -2.25. The SMILES string of the molecule is NC(Cc1ccccc1)Cc1cc(O)cc(F)c1. The third-order valence-corrected chi connectivity index (χ3v) is 2.78. The van der Waals surface area contributed by atoms with Crippen LogP contribution in [-0.2, 0) is 12.8 Å². The fourth-order valence-corrected chi connectivity index (χ4v) is 2.04. The van der Waals surface area contributed by atoms with E-state index in [0.717, 1.165) is 23.6 Å². The molecule has 0 heterocycles. The van der Waals surface area contributed by atoms with E-state index in [0.29, 0.717) is 6.42 Å². The minimum absolute atomic E-state index is 0.0584. The number of phenols is 1. The van der Waals surface area contributed by atoms with Crippen LogP contribution in [0.5, 0.6) is 5.75 Å². The number of phenolic OH excluding ortho intramolecular Hbond substituents is 1. The number of aromatic hydroxyl groups is 1. The quantitative estimate of drug-likeness (QED) is 0.869. The molecule has 0 amide bonds. The first-order valence-corrected chi connectivity index (χ1v) is 5.91. The van der Waals surface area contributed by atoms with Gasteiger partial charge < -0.3 is 10.8 Å². The van der Waals surface area contributed by atoms with E-state index in [-0.39, 0.29) is 11.8 Å². The fourth-order valence-electron chi connectivity index (χ4n) is 2.04. The normalized spacial score (nSPS) is 12.3. The topological polar surface area (TPSA) is 46.2 Å². The van der Waals surface area contributed by atoms with Gasteiger partial charge in [-0.1, -0.05) is 30.3 Å². The van der Waals surface area contributed by atoms with Gasteiger partial charge in [-0.15, -0.1) is 0 Å². The number of nitrogens with two attached hydrogens (primary N) is 1. The van der Waals surface area contributed by atoms with Crippen molar-refractivity contribution in [3.05, 3.63) is 65.5 Å². The number of rotatable bonds is 4. The minimum atomic E-state index is -0.433. The van der Waals surface area contributed by atoms with Gasteiger partial charge in [-0.25, -0.2) is 4.39 Å².